The predicted octanol–water partition coefficient (Wildman–Crippen LogP) is 1.96. The third kappa shape index (κ3) is 1.67. The van der Waals surface area contributed by atoms with E-state index in [1.807, 2.05) is 19.1 Å². The summed E-state index contributed by atoms with van der Waals surface area (Å²) in [6.07, 6.45) is 2.61. The lowest BCUT2D eigenvalue weighted by Crippen LogP contribution is -2.26. The maximum Gasteiger partial charge on any atom is 0.129 e. The van der Waals surface area contributed by atoms with Crippen LogP contribution in [-0.2, 0) is 0 Å². The van der Waals surface area contributed by atoms with E-state index in [-0.39, 0.29) is 0 Å². The molecule has 1 saturated carbocycles. The Bertz CT molecular complexity index is 331. The van der Waals surface area contributed by atoms with E-state index in [1.165, 1.54) is 12.8 Å². The van der Waals surface area contributed by atoms with Crippen LogP contribution in [0.1, 0.15) is 25.5 Å². The van der Waals surface area contributed by atoms with Crippen LogP contribution < -0.4 is 10.6 Å². The SMILES string of the molecule is CCN(c1ccc(N)c(C)n1)C1CC1. The highest BCUT2D eigenvalue weighted by Gasteiger charge is 2.28. The molecule has 2 N–H and O–H groups in total. The number of anilines is 2. The summed E-state index contributed by atoms with van der Waals surface area (Å²) < 4.78 is 0. The zero-order valence-corrected chi connectivity index (χ0v) is 8.83. The van der Waals surface area contributed by atoms with Gasteiger partial charge in [-0.2, -0.15) is 0 Å². The molecule has 2 rings (SSSR count). The molecular weight excluding hydrogens is 174 g/mol. The monoisotopic (exact) mass is 191 g/mol. The number of nitrogens with zero attached hydrogens (tertiary/aromatic N) is 2. The van der Waals surface area contributed by atoms with Crippen LogP contribution in [-0.4, -0.2) is 17.6 Å². The van der Waals surface area contributed by atoms with Gasteiger partial charge in [-0.3, -0.25) is 0 Å². The first kappa shape index (κ1) is 9.31. The highest BCUT2D eigenvalue weighted by atomic mass is 15.2. The molecule has 0 aliphatic heterocycles. The highest BCUT2D eigenvalue weighted by Crippen LogP contribution is 2.30. The van der Waals surface area contributed by atoms with E-state index in [2.05, 4.69) is 16.8 Å². The molecule has 0 aromatic carbocycles. The van der Waals surface area contributed by atoms with Crippen molar-refractivity contribution in [2.24, 2.45) is 0 Å². The van der Waals surface area contributed by atoms with Crippen LogP contribution in [0.3, 0.4) is 0 Å². The lowest BCUT2D eigenvalue weighted by atomic mass is 10.3. The fourth-order valence-electron chi connectivity index (χ4n) is 1.71. The van der Waals surface area contributed by atoms with Crippen molar-refractivity contribution in [1.82, 2.24) is 4.98 Å². The second-order valence-corrected chi connectivity index (χ2v) is 3.86. The van der Waals surface area contributed by atoms with E-state index in [1.54, 1.807) is 0 Å². The summed E-state index contributed by atoms with van der Waals surface area (Å²) in [4.78, 5) is 6.86. The van der Waals surface area contributed by atoms with Crippen LogP contribution in [0, 0.1) is 6.92 Å². The van der Waals surface area contributed by atoms with Crippen molar-refractivity contribution in [1.29, 1.82) is 0 Å². The minimum atomic E-state index is 0.718. The Morgan fingerprint density at radius 3 is 2.71 bits per heavy atom. The van der Waals surface area contributed by atoms with E-state index >= 15 is 0 Å². The van der Waals surface area contributed by atoms with Gasteiger partial charge in [0.15, 0.2) is 0 Å². The largest absolute Gasteiger partial charge is 0.397 e. The third-order valence-corrected chi connectivity index (χ3v) is 2.73. The summed E-state index contributed by atoms with van der Waals surface area (Å²) in [7, 11) is 0. The van der Waals surface area contributed by atoms with Crippen molar-refractivity contribution >= 4 is 11.5 Å². The summed E-state index contributed by atoms with van der Waals surface area (Å²) in [5.41, 5.74) is 7.45. The van der Waals surface area contributed by atoms with Gasteiger partial charge in [0.05, 0.1) is 11.4 Å². The van der Waals surface area contributed by atoms with Crippen molar-refractivity contribution in [2.75, 3.05) is 17.2 Å². The average molecular weight is 191 g/mol. The van der Waals surface area contributed by atoms with Crippen molar-refractivity contribution in [2.45, 2.75) is 32.7 Å². The van der Waals surface area contributed by atoms with Crippen molar-refractivity contribution in [3.63, 3.8) is 0 Å². The molecule has 76 valence electrons. The lowest BCUT2D eigenvalue weighted by molar-refractivity contribution is 0.806. The number of nitrogen functional groups attached to an aromatic ring is 1. The van der Waals surface area contributed by atoms with Crippen molar-refractivity contribution in [3.05, 3.63) is 17.8 Å². The Morgan fingerprint density at radius 1 is 1.50 bits per heavy atom. The fraction of sp³-hybridized carbons (Fsp3) is 0.545. The molecule has 3 nitrogen and oxygen atoms in total. The van der Waals surface area contributed by atoms with Gasteiger partial charge < -0.3 is 10.6 Å². The number of nitrogens with two attached hydrogens (primary N) is 1. The predicted molar refractivity (Wildman–Crippen MR) is 59.4 cm³/mol. The Morgan fingerprint density at radius 2 is 2.21 bits per heavy atom. The zero-order valence-electron chi connectivity index (χ0n) is 8.83. The molecule has 1 aliphatic rings. The Labute approximate surface area is 84.9 Å². The smallest absolute Gasteiger partial charge is 0.129 e. The molecule has 0 spiro atoms. The maximum absolute atomic E-state index is 5.74. The quantitative estimate of drug-likeness (QED) is 0.794. The van der Waals surface area contributed by atoms with Crippen LogP contribution in [0.25, 0.3) is 0 Å². The van der Waals surface area contributed by atoms with E-state index < -0.39 is 0 Å². The summed E-state index contributed by atoms with van der Waals surface area (Å²) in [6, 6.07) is 4.68. The second-order valence-electron chi connectivity index (χ2n) is 3.86. The topological polar surface area (TPSA) is 42.1 Å². The second kappa shape index (κ2) is 3.48. The summed E-state index contributed by atoms with van der Waals surface area (Å²) in [5.74, 6) is 1.07. The van der Waals surface area contributed by atoms with Crippen LogP contribution in [0.2, 0.25) is 0 Å². The van der Waals surface area contributed by atoms with E-state index in [4.69, 9.17) is 5.73 Å². The van der Waals surface area contributed by atoms with Crippen LogP contribution in [0.4, 0.5) is 11.5 Å². The fourth-order valence-corrected chi connectivity index (χ4v) is 1.71. The van der Waals surface area contributed by atoms with Crippen molar-refractivity contribution < 1.29 is 0 Å². The number of hydrogen-bond acceptors (Lipinski definition) is 3. The number of rotatable bonds is 3. The molecule has 0 amide bonds. The molecule has 1 aromatic rings. The Kier molecular flexibility index (Phi) is 2.32. The molecule has 1 heterocycles. The Balaban J connectivity index is 2.25. The minimum Gasteiger partial charge on any atom is -0.397 e. The Hall–Kier alpha value is -1.25. The molecule has 3 heteroatoms. The number of aromatic nitrogens is 1. The maximum atomic E-state index is 5.74. The number of aryl methyl sites for hydroxylation is 1. The van der Waals surface area contributed by atoms with Gasteiger partial charge in [0.2, 0.25) is 0 Å². The van der Waals surface area contributed by atoms with Gasteiger partial charge in [-0.1, -0.05) is 0 Å². The van der Waals surface area contributed by atoms with Crippen LogP contribution >= 0.6 is 0 Å². The third-order valence-electron chi connectivity index (χ3n) is 2.73. The van der Waals surface area contributed by atoms with Gasteiger partial charge in [-0.05, 0) is 38.8 Å². The molecule has 1 fully saturated rings. The molecule has 0 unspecified atom stereocenters. The number of pyridine rings is 1. The molecule has 0 saturated heterocycles. The molecular formula is C11H17N3. The van der Waals surface area contributed by atoms with Gasteiger partial charge in [0.25, 0.3) is 0 Å². The van der Waals surface area contributed by atoms with E-state index in [0.717, 1.165) is 29.8 Å². The number of hydrogen-bond donors (Lipinski definition) is 1. The molecule has 0 bridgehead atoms. The molecule has 0 radical (unpaired) electrons. The highest BCUT2D eigenvalue weighted by molar-refractivity contribution is 5.51. The summed E-state index contributed by atoms with van der Waals surface area (Å²) >= 11 is 0. The first-order valence-corrected chi connectivity index (χ1v) is 5.22. The van der Waals surface area contributed by atoms with Gasteiger partial charge in [0, 0.05) is 12.6 Å². The van der Waals surface area contributed by atoms with Gasteiger partial charge >= 0.3 is 0 Å². The molecule has 14 heavy (non-hydrogen) atoms. The van der Waals surface area contributed by atoms with E-state index in [0.29, 0.717) is 0 Å². The minimum absolute atomic E-state index is 0.718. The van der Waals surface area contributed by atoms with Crippen LogP contribution in [0.15, 0.2) is 12.1 Å². The van der Waals surface area contributed by atoms with Crippen LogP contribution in [0.5, 0.6) is 0 Å². The standard InChI is InChI=1S/C11H17N3/c1-3-14(9-4-5-9)11-7-6-10(12)8(2)13-11/h6-7,9H,3-5,12H2,1-2H3. The van der Waals surface area contributed by atoms with Gasteiger partial charge in [-0.15, -0.1) is 0 Å². The molecule has 1 aromatic heterocycles. The van der Waals surface area contributed by atoms with Gasteiger partial charge in [0.1, 0.15) is 5.82 Å². The summed E-state index contributed by atoms with van der Waals surface area (Å²) in [5, 5.41) is 0. The lowest BCUT2D eigenvalue weighted by Gasteiger charge is -2.21. The first-order valence-electron chi connectivity index (χ1n) is 5.22. The van der Waals surface area contributed by atoms with Gasteiger partial charge in [-0.25, -0.2) is 4.98 Å². The zero-order chi connectivity index (χ0) is 10.1. The molecule has 1 aliphatic carbocycles. The average Bonchev–Trinajstić information content (AvgIpc) is 2.96. The van der Waals surface area contributed by atoms with Crippen molar-refractivity contribution in [3.8, 4) is 0 Å². The first-order chi connectivity index (χ1) is 6.72. The van der Waals surface area contributed by atoms with E-state index in [9.17, 15) is 0 Å². The normalized spacial score (nSPS) is 15.6. The molecule has 0 atom stereocenters. The summed E-state index contributed by atoms with van der Waals surface area (Å²) in [6.45, 7) is 5.16.